The van der Waals surface area contributed by atoms with Crippen LogP contribution in [0.4, 0.5) is 9.93 Å². The Labute approximate surface area is 196 Å². The molecule has 1 aromatic heterocycles. The first kappa shape index (κ1) is 22.6. The van der Waals surface area contributed by atoms with Crippen LogP contribution in [0.15, 0.2) is 54.6 Å². The number of nitrogens with one attached hydrogen (secondary N) is 2. The molecule has 0 radical (unpaired) electrons. The fraction of sp³-hybridized carbons (Fsp3) is 0.292. The van der Waals surface area contributed by atoms with Crippen molar-refractivity contribution in [3.05, 3.63) is 65.7 Å². The Balaban J connectivity index is 1.44. The second-order valence-electron chi connectivity index (χ2n) is 8.18. The number of carbonyl (C=O) groups is 3. The van der Waals surface area contributed by atoms with Crippen LogP contribution in [0, 0.1) is 0 Å². The fourth-order valence-electron chi connectivity index (χ4n) is 3.84. The van der Waals surface area contributed by atoms with Crippen LogP contribution in [0.3, 0.4) is 0 Å². The van der Waals surface area contributed by atoms with Crippen molar-refractivity contribution < 1.29 is 14.4 Å². The summed E-state index contributed by atoms with van der Waals surface area (Å²) in [6.07, 6.45) is 0.370. The molecule has 1 fully saturated rings. The van der Waals surface area contributed by atoms with E-state index in [0.717, 1.165) is 10.5 Å². The van der Waals surface area contributed by atoms with Crippen LogP contribution in [-0.4, -0.2) is 39.5 Å². The van der Waals surface area contributed by atoms with Gasteiger partial charge in [-0.2, -0.15) is 0 Å². The van der Waals surface area contributed by atoms with E-state index in [1.54, 1.807) is 12.1 Å². The van der Waals surface area contributed by atoms with Gasteiger partial charge in [0.15, 0.2) is 0 Å². The van der Waals surface area contributed by atoms with Crippen molar-refractivity contribution in [2.45, 2.75) is 38.6 Å². The Hall–Kier alpha value is -3.59. The summed E-state index contributed by atoms with van der Waals surface area (Å²) in [4.78, 5) is 39.3. The van der Waals surface area contributed by atoms with Gasteiger partial charge in [-0.15, -0.1) is 10.2 Å². The largest absolute Gasteiger partial charge is 0.325 e. The molecular formula is C24H25N5O3S. The minimum atomic E-state index is -1.17. The van der Waals surface area contributed by atoms with Gasteiger partial charge >= 0.3 is 6.03 Å². The zero-order valence-electron chi connectivity index (χ0n) is 18.7. The first-order valence-electron chi connectivity index (χ1n) is 10.8. The fourth-order valence-corrected chi connectivity index (χ4v) is 4.60. The van der Waals surface area contributed by atoms with E-state index < -0.39 is 29.9 Å². The summed E-state index contributed by atoms with van der Waals surface area (Å²) < 4.78 is 0. The molecule has 0 aliphatic carbocycles. The maximum Gasteiger partial charge on any atom is 0.325 e. The Bertz CT molecular complexity index is 1180. The van der Waals surface area contributed by atoms with Crippen LogP contribution in [-0.2, 0) is 15.1 Å². The minimum Gasteiger partial charge on any atom is -0.319 e. The molecular weight excluding hydrogens is 438 g/mol. The van der Waals surface area contributed by atoms with Crippen molar-refractivity contribution in [3.63, 3.8) is 0 Å². The maximum absolute atomic E-state index is 13.2. The van der Waals surface area contributed by atoms with Gasteiger partial charge in [-0.25, -0.2) is 4.79 Å². The Kier molecular flexibility index (Phi) is 6.24. The molecule has 2 N–H and O–H groups in total. The van der Waals surface area contributed by atoms with Gasteiger partial charge in [-0.1, -0.05) is 86.7 Å². The van der Waals surface area contributed by atoms with E-state index in [-0.39, 0.29) is 0 Å². The maximum atomic E-state index is 13.2. The lowest BCUT2D eigenvalue weighted by molar-refractivity contribution is -0.134. The molecule has 3 aromatic rings. The average Bonchev–Trinajstić information content (AvgIpc) is 3.38. The van der Waals surface area contributed by atoms with E-state index >= 15 is 0 Å². The number of imide groups is 1. The quantitative estimate of drug-likeness (QED) is 0.513. The number of urea groups is 1. The van der Waals surface area contributed by atoms with Gasteiger partial charge in [0.1, 0.15) is 17.1 Å². The number of anilines is 1. The third kappa shape index (κ3) is 4.36. The number of carbonyl (C=O) groups excluding carboxylic acids is 3. The van der Waals surface area contributed by atoms with E-state index in [9.17, 15) is 14.4 Å². The molecule has 1 atom stereocenters. The van der Waals surface area contributed by atoms with Crippen molar-refractivity contribution in [2.75, 3.05) is 11.9 Å². The molecule has 33 heavy (non-hydrogen) atoms. The molecule has 4 rings (SSSR count). The summed E-state index contributed by atoms with van der Waals surface area (Å²) in [7, 11) is 0. The van der Waals surface area contributed by atoms with Crippen LogP contribution in [0.2, 0.25) is 0 Å². The van der Waals surface area contributed by atoms with E-state index in [4.69, 9.17) is 0 Å². The van der Waals surface area contributed by atoms with Crippen LogP contribution in [0.25, 0.3) is 10.6 Å². The average molecular weight is 464 g/mol. The van der Waals surface area contributed by atoms with Crippen molar-refractivity contribution >= 4 is 34.3 Å². The van der Waals surface area contributed by atoms with Gasteiger partial charge < -0.3 is 5.32 Å². The van der Waals surface area contributed by atoms with Crippen molar-refractivity contribution in [1.82, 2.24) is 20.4 Å². The molecule has 0 spiro atoms. The molecule has 0 saturated carbocycles. The minimum absolute atomic E-state index is 0.305. The van der Waals surface area contributed by atoms with Gasteiger partial charge in [0, 0.05) is 5.56 Å². The molecule has 1 saturated heterocycles. The molecule has 170 valence electrons. The SMILES string of the molecule is CC[C@]1(c2ccccc2)NC(=O)N(CC(=O)Nc2nnc(-c3ccc(C(C)C)cc3)s2)C1=O. The number of benzene rings is 2. The molecule has 1 aliphatic rings. The summed E-state index contributed by atoms with van der Waals surface area (Å²) in [6, 6.07) is 16.5. The third-order valence-corrected chi connectivity index (χ3v) is 6.66. The van der Waals surface area contributed by atoms with Gasteiger partial charge in [0.25, 0.3) is 5.91 Å². The second kappa shape index (κ2) is 9.11. The molecule has 9 heteroatoms. The molecule has 8 nitrogen and oxygen atoms in total. The second-order valence-corrected chi connectivity index (χ2v) is 9.16. The Morgan fingerprint density at radius 1 is 1.09 bits per heavy atom. The van der Waals surface area contributed by atoms with E-state index in [1.807, 2.05) is 49.4 Å². The molecule has 2 aromatic carbocycles. The van der Waals surface area contributed by atoms with Crippen LogP contribution in [0.1, 0.15) is 44.2 Å². The zero-order valence-corrected chi connectivity index (χ0v) is 19.5. The predicted molar refractivity (Wildman–Crippen MR) is 127 cm³/mol. The third-order valence-electron chi connectivity index (χ3n) is 5.77. The van der Waals surface area contributed by atoms with Crippen LogP contribution >= 0.6 is 11.3 Å². The molecule has 4 amide bonds. The molecule has 0 bridgehead atoms. The standard InChI is InChI=1S/C24H25N5O3S/c1-4-24(18-8-6-5-7-9-18)21(31)29(23(32)26-24)14-19(30)25-22-28-27-20(33-22)17-12-10-16(11-13-17)15(2)3/h5-13,15H,4,14H2,1-3H3,(H,26,32)(H,25,28,30)/t24-/m1/s1. The van der Waals surface area contributed by atoms with Crippen LogP contribution in [0.5, 0.6) is 0 Å². The first-order valence-corrected chi connectivity index (χ1v) is 11.6. The number of nitrogens with zero attached hydrogens (tertiary/aromatic N) is 3. The monoisotopic (exact) mass is 463 g/mol. The van der Waals surface area contributed by atoms with Crippen molar-refractivity contribution in [2.24, 2.45) is 0 Å². The number of aromatic nitrogens is 2. The molecule has 2 heterocycles. The summed E-state index contributed by atoms with van der Waals surface area (Å²) in [5.74, 6) is -0.530. The number of amides is 4. The highest BCUT2D eigenvalue weighted by molar-refractivity contribution is 7.18. The lowest BCUT2D eigenvalue weighted by Crippen LogP contribution is -2.44. The Morgan fingerprint density at radius 3 is 2.42 bits per heavy atom. The van der Waals surface area contributed by atoms with E-state index in [0.29, 0.717) is 28.0 Å². The highest BCUT2D eigenvalue weighted by Gasteiger charge is 2.51. The smallest absolute Gasteiger partial charge is 0.319 e. The highest BCUT2D eigenvalue weighted by atomic mass is 32.1. The molecule has 0 unspecified atom stereocenters. The van der Waals surface area contributed by atoms with Crippen LogP contribution < -0.4 is 10.6 Å². The topological polar surface area (TPSA) is 104 Å². The van der Waals surface area contributed by atoms with E-state index in [1.165, 1.54) is 16.9 Å². The summed E-state index contributed by atoms with van der Waals surface area (Å²) in [6.45, 7) is 5.68. The number of hydrogen-bond donors (Lipinski definition) is 2. The highest BCUT2D eigenvalue weighted by Crippen LogP contribution is 2.32. The number of rotatable bonds is 7. The zero-order chi connectivity index (χ0) is 23.6. The Morgan fingerprint density at radius 2 is 1.79 bits per heavy atom. The van der Waals surface area contributed by atoms with Gasteiger partial charge in [-0.05, 0) is 23.5 Å². The van der Waals surface area contributed by atoms with Gasteiger partial charge in [0.2, 0.25) is 11.0 Å². The van der Waals surface area contributed by atoms with Gasteiger partial charge in [0.05, 0.1) is 0 Å². The van der Waals surface area contributed by atoms with Gasteiger partial charge in [-0.3, -0.25) is 19.8 Å². The summed E-state index contributed by atoms with van der Waals surface area (Å²) in [5, 5.41) is 14.6. The normalized spacial score (nSPS) is 18.0. The predicted octanol–water partition coefficient (Wildman–Crippen LogP) is 4.12. The summed E-state index contributed by atoms with van der Waals surface area (Å²) >= 11 is 1.23. The number of hydrogen-bond acceptors (Lipinski definition) is 6. The van der Waals surface area contributed by atoms with E-state index in [2.05, 4.69) is 34.7 Å². The first-order chi connectivity index (χ1) is 15.8. The molecule has 1 aliphatic heterocycles. The lowest BCUT2D eigenvalue weighted by atomic mass is 9.87. The lowest BCUT2D eigenvalue weighted by Gasteiger charge is -2.25. The van der Waals surface area contributed by atoms with Crippen molar-refractivity contribution in [3.8, 4) is 10.6 Å². The van der Waals surface area contributed by atoms with Crippen molar-refractivity contribution in [1.29, 1.82) is 0 Å². The summed E-state index contributed by atoms with van der Waals surface area (Å²) in [5.41, 5.74) is 1.65.